The molecule has 1 aliphatic heterocycles. The van der Waals surface area contributed by atoms with Gasteiger partial charge in [-0.15, -0.1) is 0 Å². The van der Waals surface area contributed by atoms with E-state index in [1.165, 1.54) is 0 Å². The number of carbonyl (C=O) groups excluding carboxylic acids is 3. The summed E-state index contributed by atoms with van der Waals surface area (Å²) >= 11 is 0. The van der Waals surface area contributed by atoms with Gasteiger partial charge < -0.3 is 10.2 Å². The zero-order valence-electron chi connectivity index (χ0n) is 21.5. The largest absolute Gasteiger partial charge is 0.425 e. The second-order valence-corrected chi connectivity index (χ2v) is 11.6. The monoisotopic (exact) mass is 544 g/mol. The van der Waals surface area contributed by atoms with Crippen LogP contribution >= 0.6 is 0 Å². The summed E-state index contributed by atoms with van der Waals surface area (Å²) < 4.78 is 84.7. The molecule has 1 aromatic rings. The number of rotatable bonds is 3. The van der Waals surface area contributed by atoms with E-state index in [0.29, 0.717) is 25.0 Å². The predicted octanol–water partition coefficient (Wildman–Crippen LogP) is 6.05. The summed E-state index contributed by atoms with van der Waals surface area (Å²) in [6.45, 7) is 7.25. The van der Waals surface area contributed by atoms with Crippen LogP contribution in [0.25, 0.3) is 0 Å². The molecule has 2 aliphatic carbocycles. The highest BCUT2D eigenvalue weighted by Crippen LogP contribution is 2.54. The molecule has 3 aliphatic rings. The molecule has 208 valence electrons. The second kappa shape index (κ2) is 9.12. The van der Waals surface area contributed by atoms with Crippen LogP contribution in [-0.4, -0.2) is 40.3 Å². The van der Waals surface area contributed by atoms with Crippen LogP contribution in [0.2, 0.25) is 0 Å². The van der Waals surface area contributed by atoms with Crippen molar-refractivity contribution in [3.05, 3.63) is 46.7 Å². The number of nitrogens with zero attached hydrogens (tertiary/aromatic N) is 1. The van der Waals surface area contributed by atoms with Crippen LogP contribution in [-0.2, 0) is 15.8 Å². The van der Waals surface area contributed by atoms with Crippen LogP contribution < -0.4 is 5.32 Å². The molecule has 11 heteroatoms. The second-order valence-electron chi connectivity index (χ2n) is 11.6. The third-order valence-electron chi connectivity index (χ3n) is 8.23. The van der Waals surface area contributed by atoms with E-state index in [1.54, 1.807) is 19.2 Å². The van der Waals surface area contributed by atoms with Gasteiger partial charge in [0.15, 0.2) is 5.78 Å². The number of hydrogen-bond donors (Lipinski definition) is 1. The van der Waals surface area contributed by atoms with E-state index in [2.05, 4.69) is 0 Å². The van der Waals surface area contributed by atoms with Gasteiger partial charge in [-0.05, 0) is 48.3 Å². The Morgan fingerprint density at radius 2 is 1.68 bits per heavy atom. The Morgan fingerprint density at radius 3 is 2.29 bits per heavy atom. The van der Waals surface area contributed by atoms with E-state index in [0.717, 1.165) is 23.5 Å². The lowest BCUT2D eigenvalue weighted by molar-refractivity contribution is -0.192. The van der Waals surface area contributed by atoms with E-state index in [-0.39, 0.29) is 30.4 Å². The minimum absolute atomic E-state index is 0.00860. The van der Waals surface area contributed by atoms with Crippen molar-refractivity contribution in [1.82, 2.24) is 10.2 Å². The van der Waals surface area contributed by atoms with Gasteiger partial charge in [-0.25, -0.2) is 0 Å². The Balaban J connectivity index is 1.88. The molecule has 0 bridgehead atoms. The normalized spacial score (nSPS) is 29.9. The van der Waals surface area contributed by atoms with Crippen LogP contribution in [0.1, 0.15) is 75.7 Å². The van der Waals surface area contributed by atoms with Crippen molar-refractivity contribution in [2.45, 2.75) is 83.7 Å². The first-order chi connectivity index (χ1) is 17.4. The standard InChI is InChI=1S/C27H30F6N2O3/c1-14-7-5-10-18(15(14)2)35-19-12-24(3,4)13-20(36)21(19)25(23(35)38,27(31,32)33)34-22(37)16-8-6-9-17(11-16)26(28,29)30/h6,8-9,11,14-15,18H,5,7,10,12-13H2,1-4H3,(H,34,37)/t14-,15-,18-,25-/m1/s1. The Bertz CT molecular complexity index is 1200. The lowest BCUT2D eigenvalue weighted by Crippen LogP contribution is -2.67. The number of hydrogen-bond acceptors (Lipinski definition) is 3. The van der Waals surface area contributed by atoms with E-state index in [9.17, 15) is 27.6 Å². The lowest BCUT2D eigenvalue weighted by Gasteiger charge is -2.43. The molecule has 0 saturated heterocycles. The van der Waals surface area contributed by atoms with Gasteiger partial charge in [0.25, 0.3) is 11.8 Å². The number of allylic oxidation sites excluding steroid dienone is 1. The van der Waals surface area contributed by atoms with Crippen molar-refractivity contribution in [2.24, 2.45) is 17.3 Å². The van der Waals surface area contributed by atoms with E-state index >= 15 is 13.2 Å². The summed E-state index contributed by atoms with van der Waals surface area (Å²) in [5.74, 6) is -3.99. The topological polar surface area (TPSA) is 66.5 Å². The Kier molecular flexibility index (Phi) is 6.76. The molecule has 1 saturated carbocycles. The van der Waals surface area contributed by atoms with Crippen LogP contribution in [0, 0.1) is 17.3 Å². The summed E-state index contributed by atoms with van der Waals surface area (Å²) in [4.78, 5) is 41.5. The fraction of sp³-hybridized carbons (Fsp3) is 0.593. The number of amides is 2. The molecule has 38 heavy (non-hydrogen) atoms. The molecule has 4 atom stereocenters. The fourth-order valence-electron chi connectivity index (χ4n) is 6.13. The van der Waals surface area contributed by atoms with Crippen LogP contribution in [0.3, 0.4) is 0 Å². The molecule has 1 fully saturated rings. The molecular weight excluding hydrogens is 514 g/mol. The highest BCUT2D eigenvalue weighted by atomic mass is 19.4. The van der Waals surface area contributed by atoms with Crippen molar-refractivity contribution < 1.29 is 40.7 Å². The smallest absolute Gasteiger partial charge is 0.326 e. The maximum atomic E-state index is 15.0. The number of halogens is 6. The first-order valence-corrected chi connectivity index (χ1v) is 12.6. The predicted molar refractivity (Wildman–Crippen MR) is 126 cm³/mol. The van der Waals surface area contributed by atoms with Crippen molar-refractivity contribution >= 4 is 17.6 Å². The van der Waals surface area contributed by atoms with Crippen molar-refractivity contribution in [3.8, 4) is 0 Å². The van der Waals surface area contributed by atoms with Crippen molar-refractivity contribution in [2.75, 3.05) is 0 Å². The quantitative estimate of drug-likeness (QED) is 0.472. The molecule has 0 radical (unpaired) electrons. The molecular formula is C27H30F6N2O3. The van der Waals surface area contributed by atoms with Gasteiger partial charge in [0.1, 0.15) is 0 Å². The van der Waals surface area contributed by atoms with E-state index in [4.69, 9.17) is 0 Å². The van der Waals surface area contributed by atoms with Gasteiger partial charge >= 0.3 is 12.4 Å². The summed E-state index contributed by atoms with van der Waals surface area (Å²) in [6.07, 6.45) is -8.60. The molecule has 1 heterocycles. The highest BCUT2D eigenvalue weighted by Gasteiger charge is 2.72. The van der Waals surface area contributed by atoms with Crippen molar-refractivity contribution in [1.29, 1.82) is 0 Å². The third-order valence-corrected chi connectivity index (χ3v) is 8.23. The summed E-state index contributed by atoms with van der Waals surface area (Å²) in [6, 6.07) is 2.30. The maximum absolute atomic E-state index is 15.0. The lowest BCUT2D eigenvalue weighted by atomic mass is 9.72. The van der Waals surface area contributed by atoms with Crippen molar-refractivity contribution in [3.63, 3.8) is 0 Å². The molecule has 5 nitrogen and oxygen atoms in total. The molecule has 4 rings (SSSR count). The van der Waals surface area contributed by atoms with Crippen LogP contribution in [0.4, 0.5) is 26.3 Å². The maximum Gasteiger partial charge on any atom is 0.425 e. The van der Waals surface area contributed by atoms with E-state index < -0.39 is 63.6 Å². The molecule has 0 unspecified atom stereocenters. The minimum atomic E-state index is -5.43. The molecule has 1 aromatic carbocycles. The zero-order valence-corrected chi connectivity index (χ0v) is 21.5. The molecule has 0 spiro atoms. The average molecular weight is 545 g/mol. The van der Waals surface area contributed by atoms with Gasteiger partial charge in [0.2, 0.25) is 5.54 Å². The van der Waals surface area contributed by atoms with Gasteiger partial charge in [-0.1, -0.05) is 46.6 Å². The molecule has 2 amide bonds. The Hall–Kier alpha value is -2.85. The van der Waals surface area contributed by atoms with Gasteiger partial charge in [-0.3, -0.25) is 14.4 Å². The number of Topliss-reactive ketones (excluding diaryl/α,β-unsaturated/α-hetero) is 1. The first kappa shape index (κ1) is 28.2. The van der Waals surface area contributed by atoms with Gasteiger partial charge in [0, 0.05) is 23.7 Å². The average Bonchev–Trinajstić information content (AvgIpc) is 3.02. The zero-order chi connectivity index (χ0) is 28.4. The Morgan fingerprint density at radius 1 is 1.03 bits per heavy atom. The van der Waals surface area contributed by atoms with Gasteiger partial charge in [-0.2, -0.15) is 26.3 Å². The first-order valence-electron chi connectivity index (χ1n) is 12.6. The number of ketones is 1. The molecule has 0 aromatic heterocycles. The summed E-state index contributed by atoms with van der Waals surface area (Å²) in [5, 5.41) is 1.73. The highest BCUT2D eigenvalue weighted by molar-refractivity contribution is 6.14. The van der Waals surface area contributed by atoms with Crippen LogP contribution in [0.5, 0.6) is 0 Å². The number of alkyl halides is 6. The fourth-order valence-corrected chi connectivity index (χ4v) is 6.13. The number of nitrogens with one attached hydrogen (secondary N) is 1. The summed E-state index contributed by atoms with van der Waals surface area (Å²) in [7, 11) is 0. The van der Waals surface area contributed by atoms with Gasteiger partial charge in [0.05, 0.1) is 11.1 Å². The summed E-state index contributed by atoms with van der Waals surface area (Å²) in [5.41, 5.74) is -7.23. The Labute approximate surface area is 216 Å². The van der Waals surface area contributed by atoms with Crippen LogP contribution in [0.15, 0.2) is 35.5 Å². The SMILES string of the molecule is C[C@@H]1[C@H](C)CCC[C@H]1N1C(=O)[C@@](NC(=O)c2cccc(C(F)(F)F)c2)(C(F)(F)F)C2=C1CC(C)(C)CC2=O. The minimum Gasteiger partial charge on any atom is -0.326 e. The molecule has 1 N–H and O–H groups in total. The van der Waals surface area contributed by atoms with E-state index in [1.807, 2.05) is 13.8 Å². The number of benzene rings is 1. The number of carbonyl (C=O) groups is 3. The third kappa shape index (κ3) is 4.51.